The van der Waals surface area contributed by atoms with Gasteiger partial charge in [-0.05, 0) is 67.3 Å². The molecular formula is C15H17N3OS2. The van der Waals surface area contributed by atoms with Crippen LogP contribution in [0, 0.1) is 6.92 Å². The number of nitrogens with one attached hydrogen (secondary N) is 2. The van der Waals surface area contributed by atoms with Crippen LogP contribution in [-0.2, 0) is 0 Å². The van der Waals surface area contributed by atoms with Crippen molar-refractivity contribution in [3.05, 3.63) is 46.2 Å². The van der Waals surface area contributed by atoms with Crippen LogP contribution in [0.4, 0.5) is 5.69 Å². The maximum atomic E-state index is 5.38. The van der Waals surface area contributed by atoms with E-state index in [1.807, 2.05) is 43.5 Å². The smallest absolute Gasteiger partial charge is 0.191 e. The average molecular weight is 319 g/mol. The largest absolute Gasteiger partial charge is 0.494 e. The normalized spacial score (nSPS) is 10.6. The molecular weight excluding hydrogens is 302 g/mol. The Morgan fingerprint density at radius 1 is 1.33 bits per heavy atom. The molecule has 110 valence electrons. The van der Waals surface area contributed by atoms with Gasteiger partial charge in [-0.15, -0.1) is 11.3 Å². The number of thiocarbonyl (C=S) groups is 1. The van der Waals surface area contributed by atoms with Crippen molar-refractivity contribution in [3.8, 4) is 5.75 Å². The van der Waals surface area contributed by atoms with Crippen LogP contribution in [0.25, 0.3) is 0 Å². The topological polar surface area (TPSA) is 45.6 Å². The molecule has 0 amide bonds. The SMILES string of the molecule is CCOc1ccc(NC(=S)NN=Cc2sccc2C)cc1. The zero-order valence-electron chi connectivity index (χ0n) is 11.9. The van der Waals surface area contributed by atoms with Crippen LogP contribution in [-0.4, -0.2) is 17.9 Å². The molecule has 2 rings (SSSR count). The van der Waals surface area contributed by atoms with Crippen molar-refractivity contribution < 1.29 is 4.74 Å². The Morgan fingerprint density at radius 2 is 2.10 bits per heavy atom. The number of hydrazone groups is 1. The summed E-state index contributed by atoms with van der Waals surface area (Å²) >= 11 is 6.83. The van der Waals surface area contributed by atoms with Crippen molar-refractivity contribution in [2.75, 3.05) is 11.9 Å². The lowest BCUT2D eigenvalue weighted by Gasteiger charge is -2.08. The van der Waals surface area contributed by atoms with E-state index in [1.165, 1.54) is 5.56 Å². The van der Waals surface area contributed by atoms with Crippen molar-refractivity contribution in [3.63, 3.8) is 0 Å². The van der Waals surface area contributed by atoms with E-state index in [-0.39, 0.29) is 0 Å². The summed E-state index contributed by atoms with van der Waals surface area (Å²) in [7, 11) is 0. The Labute approximate surface area is 133 Å². The molecule has 1 aromatic carbocycles. The van der Waals surface area contributed by atoms with Crippen LogP contribution in [0.5, 0.6) is 5.75 Å². The van der Waals surface area contributed by atoms with E-state index in [4.69, 9.17) is 17.0 Å². The summed E-state index contributed by atoms with van der Waals surface area (Å²) in [5.41, 5.74) is 4.89. The van der Waals surface area contributed by atoms with Crippen molar-refractivity contribution in [1.82, 2.24) is 5.43 Å². The van der Waals surface area contributed by atoms with Gasteiger partial charge in [0.15, 0.2) is 5.11 Å². The summed E-state index contributed by atoms with van der Waals surface area (Å²) in [6.07, 6.45) is 1.77. The van der Waals surface area contributed by atoms with Gasteiger partial charge in [-0.3, -0.25) is 5.43 Å². The summed E-state index contributed by atoms with van der Waals surface area (Å²) in [4.78, 5) is 1.12. The molecule has 0 unspecified atom stereocenters. The second-order valence-electron chi connectivity index (χ2n) is 4.25. The van der Waals surface area contributed by atoms with E-state index in [9.17, 15) is 0 Å². The average Bonchev–Trinajstić information content (AvgIpc) is 2.87. The molecule has 0 aliphatic rings. The second-order valence-corrected chi connectivity index (χ2v) is 5.61. The van der Waals surface area contributed by atoms with E-state index in [0.29, 0.717) is 11.7 Å². The predicted octanol–water partition coefficient (Wildman–Crippen LogP) is 3.78. The quantitative estimate of drug-likeness (QED) is 0.500. The number of benzene rings is 1. The zero-order valence-corrected chi connectivity index (χ0v) is 13.6. The third kappa shape index (κ3) is 4.84. The first-order valence-electron chi connectivity index (χ1n) is 6.56. The minimum Gasteiger partial charge on any atom is -0.494 e. The summed E-state index contributed by atoms with van der Waals surface area (Å²) in [5, 5.41) is 9.67. The van der Waals surface area contributed by atoms with Crippen LogP contribution in [0.1, 0.15) is 17.4 Å². The van der Waals surface area contributed by atoms with E-state index >= 15 is 0 Å². The number of hydrogen-bond acceptors (Lipinski definition) is 4. The first-order chi connectivity index (χ1) is 10.2. The van der Waals surface area contributed by atoms with Crippen LogP contribution in [0.15, 0.2) is 40.8 Å². The lowest BCUT2D eigenvalue weighted by atomic mass is 10.3. The molecule has 0 aliphatic heterocycles. The van der Waals surface area contributed by atoms with Crippen molar-refractivity contribution in [2.45, 2.75) is 13.8 Å². The molecule has 2 aromatic rings. The number of aryl methyl sites for hydroxylation is 1. The van der Waals surface area contributed by atoms with Gasteiger partial charge in [-0.2, -0.15) is 5.10 Å². The second kappa shape index (κ2) is 7.75. The molecule has 4 nitrogen and oxygen atoms in total. The maximum Gasteiger partial charge on any atom is 0.191 e. The van der Waals surface area contributed by atoms with Crippen LogP contribution in [0.2, 0.25) is 0 Å². The summed E-state index contributed by atoms with van der Waals surface area (Å²) in [6, 6.07) is 9.67. The Bertz CT molecular complexity index is 620. The Morgan fingerprint density at radius 3 is 2.71 bits per heavy atom. The first kappa shape index (κ1) is 15.5. The Balaban J connectivity index is 1.84. The fourth-order valence-electron chi connectivity index (χ4n) is 1.63. The first-order valence-corrected chi connectivity index (χ1v) is 7.85. The molecule has 0 atom stereocenters. The van der Waals surface area contributed by atoms with Crippen LogP contribution >= 0.6 is 23.6 Å². The van der Waals surface area contributed by atoms with Gasteiger partial charge < -0.3 is 10.1 Å². The van der Waals surface area contributed by atoms with Gasteiger partial charge in [0, 0.05) is 10.6 Å². The number of thiophene rings is 1. The molecule has 2 N–H and O–H groups in total. The van der Waals surface area contributed by atoms with Gasteiger partial charge in [-0.25, -0.2) is 0 Å². The minimum atomic E-state index is 0.449. The lowest BCUT2D eigenvalue weighted by molar-refractivity contribution is 0.340. The van der Waals surface area contributed by atoms with Gasteiger partial charge in [-0.1, -0.05) is 0 Å². The standard InChI is InChI=1S/C15H17N3OS2/c1-3-19-13-6-4-12(5-7-13)17-15(20)18-16-10-14-11(2)8-9-21-14/h4-10H,3H2,1-2H3,(H2,17,18,20). The van der Waals surface area contributed by atoms with E-state index < -0.39 is 0 Å². The number of anilines is 1. The molecule has 0 saturated heterocycles. The monoisotopic (exact) mass is 319 g/mol. The van der Waals surface area contributed by atoms with Crippen molar-refractivity contribution in [2.24, 2.45) is 5.10 Å². The molecule has 21 heavy (non-hydrogen) atoms. The highest BCUT2D eigenvalue weighted by molar-refractivity contribution is 7.80. The summed E-state index contributed by atoms with van der Waals surface area (Å²) in [6.45, 7) is 4.66. The highest BCUT2D eigenvalue weighted by atomic mass is 32.1. The minimum absolute atomic E-state index is 0.449. The number of nitrogens with zero attached hydrogens (tertiary/aromatic N) is 1. The van der Waals surface area contributed by atoms with Gasteiger partial charge in [0.05, 0.1) is 12.8 Å². The third-order valence-corrected chi connectivity index (χ3v) is 3.82. The van der Waals surface area contributed by atoms with E-state index in [0.717, 1.165) is 16.3 Å². The molecule has 0 saturated carbocycles. The Kier molecular flexibility index (Phi) is 5.71. The molecule has 6 heteroatoms. The van der Waals surface area contributed by atoms with E-state index in [2.05, 4.69) is 21.9 Å². The van der Waals surface area contributed by atoms with Gasteiger partial charge in [0.25, 0.3) is 0 Å². The summed E-state index contributed by atoms with van der Waals surface area (Å²) in [5.74, 6) is 0.841. The third-order valence-electron chi connectivity index (χ3n) is 2.67. The van der Waals surface area contributed by atoms with Crippen molar-refractivity contribution in [1.29, 1.82) is 0 Å². The molecule has 1 heterocycles. The van der Waals surface area contributed by atoms with Crippen LogP contribution < -0.4 is 15.5 Å². The molecule has 0 spiro atoms. The molecule has 0 bridgehead atoms. The zero-order chi connectivity index (χ0) is 15.1. The van der Waals surface area contributed by atoms with Gasteiger partial charge in [0.1, 0.15) is 5.75 Å². The fraction of sp³-hybridized carbons (Fsp3) is 0.200. The molecule has 0 aliphatic carbocycles. The number of ether oxygens (including phenoxy) is 1. The predicted molar refractivity (Wildman–Crippen MR) is 93.6 cm³/mol. The molecule has 0 radical (unpaired) electrons. The fourth-order valence-corrected chi connectivity index (χ4v) is 2.58. The van der Waals surface area contributed by atoms with E-state index in [1.54, 1.807) is 17.6 Å². The van der Waals surface area contributed by atoms with Crippen LogP contribution in [0.3, 0.4) is 0 Å². The Hall–Kier alpha value is -1.92. The van der Waals surface area contributed by atoms with Gasteiger partial charge in [0.2, 0.25) is 0 Å². The summed E-state index contributed by atoms with van der Waals surface area (Å²) < 4.78 is 5.38. The maximum absolute atomic E-state index is 5.38. The lowest BCUT2D eigenvalue weighted by Crippen LogP contribution is -2.23. The van der Waals surface area contributed by atoms with Crippen molar-refractivity contribution >= 4 is 40.6 Å². The highest BCUT2D eigenvalue weighted by Gasteiger charge is 1.98. The van der Waals surface area contributed by atoms with Gasteiger partial charge >= 0.3 is 0 Å². The highest BCUT2D eigenvalue weighted by Crippen LogP contribution is 2.15. The molecule has 0 fully saturated rings. The molecule has 1 aromatic heterocycles. The number of rotatable bonds is 5. The number of hydrogen-bond donors (Lipinski definition) is 2.